The van der Waals surface area contributed by atoms with E-state index in [1.54, 1.807) is 24.3 Å². The first-order valence-electron chi connectivity index (χ1n) is 11.7. The van der Waals surface area contributed by atoms with Crippen molar-refractivity contribution < 1.29 is 4.57 Å². The molecule has 0 atom stereocenters. The third kappa shape index (κ3) is 6.78. The maximum Gasteiger partial charge on any atom is 0.326 e. The number of hydrogen-bond acceptors (Lipinski definition) is 5. The molecule has 0 unspecified atom stereocenters. The topological polar surface area (TPSA) is 140 Å². The van der Waals surface area contributed by atoms with Crippen LogP contribution < -0.4 is 16.6 Å². The van der Waals surface area contributed by atoms with E-state index in [0.717, 1.165) is 36.3 Å². The molecule has 0 saturated heterocycles. The monoisotopic (exact) mass is 788 g/mol. The van der Waals surface area contributed by atoms with Gasteiger partial charge in [0.25, 0.3) is 11.4 Å². The third-order valence-corrected chi connectivity index (χ3v) is 9.34. The normalized spacial score (nSPS) is 11.4. The number of nitrogens with zero attached hydrogens (tertiary/aromatic N) is 2. The summed E-state index contributed by atoms with van der Waals surface area (Å²) in [5, 5.41) is 2.75. The molecular formula is C26H15Br2Cl4N6O3P. The number of nitrogens with one attached hydrogen (secondary N) is 4. The zero-order chi connectivity index (χ0) is 30.2. The molecule has 0 aliphatic rings. The molecule has 0 amide bonds. The molecule has 9 nitrogen and oxygen atoms in total. The van der Waals surface area contributed by atoms with Gasteiger partial charge in [0.05, 0.1) is 5.52 Å². The Morgan fingerprint density at radius 3 is 1.90 bits per heavy atom. The van der Waals surface area contributed by atoms with E-state index in [1.165, 1.54) is 0 Å². The van der Waals surface area contributed by atoms with E-state index in [-0.39, 0.29) is 5.28 Å². The second-order valence-corrected chi connectivity index (χ2v) is 15.9. The lowest BCUT2D eigenvalue weighted by molar-refractivity contribution is 0.597. The lowest BCUT2D eigenvalue weighted by atomic mass is 10.2. The Balaban J connectivity index is 0.000000130. The molecule has 0 aliphatic carbocycles. The number of aromatic amines is 4. The Morgan fingerprint density at radius 2 is 1.29 bits per heavy atom. The van der Waals surface area contributed by atoms with Crippen LogP contribution in [0.4, 0.5) is 0 Å². The van der Waals surface area contributed by atoms with E-state index in [9.17, 15) is 14.2 Å². The molecule has 0 bridgehead atoms. The highest BCUT2D eigenvalue weighted by Gasteiger charge is 2.15. The van der Waals surface area contributed by atoms with Gasteiger partial charge < -0.3 is 15.0 Å². The van der Waals surface area contributed by atoms with Crippen molar-refractivity contribution in [2.75, 3.05) is 0 Å². The van der Waals surface area contributed by atoms with E-state index < -0.39 is 17.1 Å². The SMILES string of the molecule is Clc1nc(Cl)c2[nH]c3ccc(Br)cc3c2n1.O=P(Cl)(Cl)c1ccccc1.O=c1[nH]c(=O)c2[nH]c3ccc(Br)cc3c2[nH]1. The first-order valence-corrected chi connectivity index (χ1v) is 17.5. The van der Waals surface area contributed by atoms with Crippen molar-refractivity contribution in [1.82, 2.24) is 29.9 Å². The van der Waals surface area contributed by atoms with Gasteiger partial charge in [-0.15, -0.1) is 0 Å². The summed E-state index contributed by atoms with van der Waals surface area (Å²) >= 11 is 29.3. The molecule has 4 N–H and O–H groups in total. The summed E-state index contributed by atoms with van der Waals surface area (Å²) in [6, 6.07) is 20.0. The van der Waals surface area contributed by atoms with Gasteiger partial charge in [-0.1, -0.05) is 61.7 Å². The van der Waals surface area contributed by atoms with Crippen molar-refractivity contribution in [3.8, 4) is 0 Å². The molecule has 4 heterocycles. The second kappa shape index (κ2) is 12.5. The van der Waals surface area contributed by atoms with Crippen LogP contribution in [0.5, 0.6) is 0 Å². The zero-order valence-corrected chi connectivity index (χ0v) is 27.8. The highest BCUT2D eigenvalue weighted by atomic mass is 79.9. The fourth-order valence-corrected chi connectivity index (χ4v) is 6.39. The van der Waals surface area contributed by atoms with E-state index in [1.807, 2.05) is 42.5 Å². The van der Waals surface area contributed by atoms with Gasteiger partial charge in [-0.25, -0.2) is 14.8 Å². The highest BCUT2D eigenvalue weighted by Crippen LogP contribution is 2.54. The van der Waals surface area contributed by atoms with Crippen molar-refractivity contribution in [3.63, 3.8) is 0 Å². The number of H-pyrrole nitrogens is 4. The average Bonchev–Trinajstić information content (AvgIpc) is 3.48. The van der Waals surface area contributed by atoms with E-state index >= 15 is 0 Å². The molecule has 42 heavy (non-hydrogen) atoms. The minimum absolute atomic E-state index is 0.151. The number of rotatable bonds is 1. The van der Waals surface area contributed by atoms with Crippen LogP contribution in [0.25, 0.3) is 43.9 Å². The first kappa shape index (κ1) is 30.8. The molecule has 7 rings (SSSR count). The molecule has 0 fully saturated rings. The summed E-state index contributed by atoms with van der Waals surface area (Å²) < 4.78 is 12.8. The van der Waals surface area contributed by atoms with Gasteiger partial charge in [-0.3, -0.25) is 14.3 Å². The third-order valence-electron chi connectivity index (χ3n) is 5.84. The largest absolute Gasteiger partial charge is 0.351 e. The quantitative estimate of drug-likeness (QED) is 0.0749. The summed E-state index contributed by atoms with van der Waals surface area (Å²) in [4.78, 5) is 41.7. The molecule has 0 spiro atoms. The lowest BCUT2D eigenvalue weighted by Crippen LogP contribution is -2.21. The van der Waals surface area contributed by atoms with Crippen LogP contribution in [0.15, 0.2) is 85.3 Å². The van der Waals surface area contributed by atoms with Gasteiger partial charge >= 0.3 is 5.69 Å². The Hall–Kier alpha value is -2.63. The summed E-state index contributed by atoms with van der Waals surface area (Å²) in [6.07, 6.45) is 0. The van der Waals surface area contributed by atoms with Crippen molar-refractivity contribution in [3.05, 3.63) is 107 Å². The van der Waals surface area contributed by atoms with Crippen molar-refractivity contribution >= 4 is 133 Å². The Morgan fingerprint density at radius 1 is 0.690 bits per heavy atom. The summed E-state index contributed by atoms with van der Waals surface area (Å²) in [5.74, 6) is -3.07. The van der Waals surface area contributed by atoms with Gasteiger partial charge in [0.1, 0.15) is 16.6 Å². The van der Waals surface area contributed by atoms with Crippen LogP contribution in [-0.2, 0) is 4.57 Å². The average molecular weight is 792 g/mol. The highest BCUT2D eigenvalue weighted by molar-refractivity contribution is 9.10. The van der Waals surface area contributed by atoms with Crippen LogP contribution >= 0.6 is 83.4 Å². The first-order chi connectivity index (χ1) is 19.9. The van der Waals surface area contributed by atoms with Crippen molar-refractivity contribution in [1.29, 1.82) is 0 Å². The summed E-state index contributed by atoms with van der Waals surface area (Å²) in [7, 11) is 0. The van der Waals surface area contributed by atoms with Crippen LogP contribution in [0.3, 0.4) is 0 Å². The van der Waals surface area contributed by atoms with Crippen LogP contribution in [0.2, 0.25) is 10.4 Å². The van der Waals surface area contributed by atoms with Crippen molar-refractivity contribution in [2.45, 2.75) is 0 Å². The molecule has 214 valence electrons. The molecular weight excluding hydrogens is 777 g/mol. The molecule has 3 aromatic carbocycles. The molecule has 4 aromatic heterocycles. The smallest absolute Gasteiger partial charge is 0.326 e. The Kier molecular flexibility index (Phi) is 9.20. The summed E-state index contributed by atoms with van der Waals surface area (Å²) in [5.41, 5.74) is 3.21. The van der Waals surface area contributed by atoms with Gasteiger partial charge in [-0.05, 0) is 82.6 Å². The number of hydrogen-bond donors (Lipinski definition) is 4. The van der Waals surface area contributed by atoms with E-state index in [2.05, 4.69) is 61.8 Å². The predicted octanol–water partition coefficient (Wildman–Crippen LogP) is 8.62. The zero-order valence-electron chi connectivity index (χ0n) is 20.7. The number of fused-ring (bicyclic) bond motifs is 6. The maximum absolute atomic E-state index is 11.5. The minimum Gasteiger partial charge on any atom is -0.351 e. The van der Waals surface area contributed by atoms with Crippen molar-refractivity contribution in [2.24, 2.45) is 0 Å². The van der Waals surface area contributed by atoms with Gasteiger partial charge in [0, 0.05) is 36.1 Å². The van der Waals surface area contributed by atoms with Crippen LogP contribution in [0.1, 0.15) is 0 Å². The lowest BCUT2D eigenvalue weighted by Gasteiger charge is -1.98. The Bertz CT molecular complexity index is 2260. The van der Waals surface area contributed by atoms with Crippen LogP contribution in [-0.4, -0.2) is 29.9 Å². The van der Waals surface area contributed by atoms with Gasteiger partial charge in [-0.2, -0.15) is 0 Å². The fourth-order valence-electron chi connectivity index (χ4n) is 4.05. The number of aromatic nitrogens is 6. The van der Waals surface area contributed by atoms with Gasteiger partial charge in [0.2, 0.25) is 5.28 Å². The number of benzene rings is 3. The maximum atomic E-state index is 11.5. The van der Waals surface area contributed by atoms with E-state index in [0.29, 0.717) is 27.0 Å². The molecule has 7 aromatic rings. The Labute approximate surface area is 272 Å². The predicted molar refractivity (Wildman–Crippen MR) is 179 cm³/mol. The fraction of sp³-hybridized carbons (Fsp3) is 0. The molecule has 16 heteroatoms. The molecule has 0 radical (unpaired) electrons. The number of halogens is 6. The summed E-state index contributed by atoms with van der Waals surface area (Å²) in [6.45, 7) is 0. The standard InChI is InChI=1S/C10H4BrCl2N3.C10H6BrN3O2.C6H5Cl2OP/c11-4-1-2-6-5(3-4)7-8(14-6)9(12)16-10(13)15-7;11-4-1-2-6-5(3-4)7-8(12-6)9(15)14-10(16)13-7;7-10(8,9)6-4-2-1-3-5-6/h1-3,14H;1-3,12H,(H2,13,14,15,16);1-5H. The second-order valence-electron chi connectivity index (χ2n) is 8.59. The molecule has 0 saturated carbocycles. The minimum atomic E-state index is -3.07. The molecule has 0 aliphatic heterocycles. The van der Waals surface area contributed by atoms with Crippen LogP contribution in [0, 0.1) is 0 Å². The van der Waals surface area contributed by atoms with E-state index in [4.69, 9.17) is 45.7 Å². The van der Waals surface area contributed by atoms with Gasteiger partial charge in [0.15, 0.2) is 5.15 Å².